The zero-order chi connectivity index (χ0) is 27.1. The maximum atomic E-state index is 13.1. The first kappa shape index (κ1) is 27.7. The van der Waals surface area contributed by atoms with E-state index in [0.29, 0.717) is 23.6 Å². The largest absolute Gasteiger partial charge is 0.488 e. The molecule has 0 saturated carbocycles. The van der Waals surface area contributed by atoms with E-state index in [0.717, 1.165) is 44.6 Å². The fourth-order valence-corrected chi connectivity index (χ4v) is 5.13. The summed E-state index contributed by atoms with van der Waals surface area (Å²) in [4.78, 5) is 41.7. The summed E-state index contributed by atoms with van der Waals surface area (Å²) in [5.74, 6) is -0.327. The third-order valence-corrected chi connectivity index (χ3v) is 7.58. The second-order valence-corrected chi connectivity index (χ2v) is 10.7. The maximum Gasteiger partial charge on any atom is 0.294 e. The van der Waals surface area contributed by atoms with E-state index >= 15 is 0 Å². The van der Waals surface area contributed by atoms with E-state index in [-0.39, 0.29) is 11.4 Å². The fourth-order valence-electron chi connectivity index (χ4n) is 3.94. The summed E-state index contributed by atoms with van der Waals surface area (Å²) in [6, 6.07) is 22.9. The van der Waals surface area contributed by atoms with Crippen molar-refractivity contribution >= 4 is 68.9 Å². The number of carbonyl (C=O) groups excluding carboxylic acids is 3. The summed E-state index contributed by atoms with van der Waals surface area (Å²) in [5.41, 5.74) is 3.32. The third-order valence-electron chi connectivity index (χ3n) is 5.95. The summed E-state index contributed by atoms with van der Waals surface area (Å²) < 4.78 is 7.22. The molecule has 1 heterocycles. The highest BCUT2D eigenvalue weighted by molar-refractivity contribution is 14.1. The van der Waals surface area contributed by atoms with Gasteiger partial charge in [0.25, 0.3) is 11.1 Å². The van der Waals surface area contributed by atoms with Gasteiger partial charge in [0.05, 0.1) is 4.91 Å². The standard InChI is InChI=1S/C29H28IN3O4S/c1-3-32(4-2)24-15-10-21(25(17-24)37-19-20-8-6-5-7-9-20)16-26-28(35)33(29(36)38-26)18-27(34)31-23-13-11-22(30)12-14-23/h5-17H,3-4,18-19H2,1-2H3,(H,31,34)/b26-16+. The maximum absolute atomic E-state index is 13.1. The Morgan fingerprint density at radius 2 is 1.74 bits per heavy atom. The Balaban J connectivity index is 1.53. The molecular formula is C29H28IN3O4S. The van der Waals surface area contributed by atoms with Crippen molar-refractivity contribution in [1.82, 2.24) is 4.90 Å². The first-order valence-electron chi connectivity index (χ1n) is 12.2. The number of anilines is 2. The highest BCUT2D eigenvalue weighted by Gasteiger charge is 2.36. The van der Waals surface area contributed by atoms with E-state index in [9.17, 15) is 14.4 Å². The lowest BCUT2D eigenvalue weighted by atomic mass is 10.1. The molecule has 0 bridgehead atoms. The lowest BCUT2D eigenvalue weighted by Gasteiger charge is -2.22. The van der Waals surface area contributed by atoms with Crippen LogP contribution in [0, 0.1) is 3.57 Å². The van der Waals surface area contributed by atoms with Gasteiger partial charge < -0.3 is 15.0 Å². The molecule has 1 aliphatic rings. The Bertz CT molecular complexity index is 1340. The first-order valence-corrected chi connectivity index (χ1v) is 14.1. The second kappa shape index (κ2) is 13.0. The minimum Gasteiger partial charge on any atom is -0.488 e. The molecule has 1 saturated heterocycles. The van der Waals surface area contributed by atoms with Crippen molar-refractivity contribution in [2.75, 3.05) is 29.9 Å². The van der Waals surface area contributed by atoms with E-state index in [1.54, 1.807) is 18.2 Å². The molecule has 1 fully saturated rings. The van der Waals surface area contributed by atoms with Crippen molar-refractivity contribution in [1.29, 1.82) is 0 Å². The molecule has 196 valence electrons. The van der Waals surface area contributed by atoms with Crippen LogP contribution in [0.5, 0.6) is 5.75 Å². The predicted molar refractivity (Wildman–Crippen MR) is 161 cm³/mol. The van der Waals surface area contributed by atoms with Crippen molar-refractivity contribution in [3.8, 4) is 5.75 Å². The number of rotatable bonds is 10. The number of benzene rings is 3. The van der Waals surface area contributed by atoms with E-state index < -0.39 is 17.1 Å². The van der Waals surface area contributed by atoms with Gasteiger partial charge in [0.2, 0.25) is 5.91 Å². The number of nitrogens with one attached hydrogen (secondary N) is 1. The van der Waals surface area contributed by atoms with Gasteiger partial charge in [-0.25, -0.2) is 0 Å². The number of hydrogen-bond donors (Lipinski definition) is 1. The Morgan fingerprint density at radius 3 is 2.42 bits per heavy atom. The summed E-state index contributed by atoms with van der Waals surface area (Å²) in [6.45, 7) is 5.88. The summed E-state index contributed by atoms with van der Waals surface area (Å²) >= 11 is 3.00. The molecular weight excluding hydrogens is 613 g/mol. The highest BCUT2D eigenvalue weighted by Crippen LogP contribution is 2.35. The Labute approximate surface area is 240 Å². The molecule has 3 aromatic carbocycles. The monoisotopic (exact) mass is 641 g/mol. The number of thioether (sulfide) groups is 1. The summed E-state index contributed by atoms with van der Waals surface area (Å²) in [7, 11) is 0. The molecule has 7 nitrogen and oxygen atoms in total. The van der Waals surface area contributed by atoms with Gasteiger partial charge in [0.15, 0.2) is 0 Å². The average Bonchev–Trinajstić information content (AvgIpc) is 3.18. The van der Waals surface area contributed by atoms with Crippen LogP contribution in [0.2, 0.25) is 0 Å². The normalized spacial score (nSPS) is 14.2. The van der Waals surface area contributed by atoms with Gasteiger partial charge in [-0.15, -0.1) is 0 Å². The average molecular weight is 642 g/mol. The number of carbonyl (C=O) groups is 3. The highest BCUT2D eigenvalue weighted by atomic mass is 127. The quantitative estimate of drug-likeness (QED) is 0.204. The molecule has 1 N–H and O–H groups in total. The predicted octanol–water partition coefficient (Wildman–Crippen LogP) is 6.39. The number of ether oxygens (including phenoxy) is 1. The van der Waals surface area contributed by atoms with Crippen LogP contribution in [0.4, 0.5) is 16.2 Å². The van der Waals surface area contributed by atoms with E-state index in [4.69, 9.17) is 4.74 Å². The van der Waals surface area contributed by atoms with Crippen molar-refractivity contribution in [2.45, 2.75) is 20.5 Å². The second-order valence-electron chi connectivity index (χ2n) is 8.49. The molecule has 0 atom stereocenters. The molecule has 3 amide bonds. The van der Waals surface area contributed by atoms with Crippen LogP contribution in [0.3, 0.4) is 0 Å². The molecule has 4 rings (SSSR count). The first-order chi connectivity index (χ1) is 18.4. The number of halogens is 1. The molecule has 0 spiro atoms. The van der Waals surface area contributed by atoms with Gasteiger partial charge in [-0.2, -0.15) is 0 Å². The molecule has 38 heavy (non-hydrogen) atoms. The molecule has 0 radical (unpaired) electrons. The van der Waals surface area contributed by atoms with Crippen LogP contribution in [0.25, 0.3) is 6.08 Å². The number of nitrogens with zero attached hydrogens (tertiary/aromatic N) is 2. The van der Waals surface area contributed by atoms with E-state index in [1.165, 1.54) is 0 Å². The van der Waals surface area contributed by atoms with Gasteiger partial charge in [-0.3, -0.25) is 19.3 Å². The molecule has 1 aliphatic heterocycles. The molecule has 9 heteroatoms. The van der Waals surface area contributed by atoms with Gasteiger partial charge >= 0.3 is 0 Å². The number of imide groups is 1. The number of amides is 3. The fraction of sp³-hybridized carbons (Fsp3) is 0.207. The molecule has 0 unspecified atom stereocenters. The van der Waals surface area contributed by atoms with Crippen LogP contribution in [0.1, 0.15) is 25.0 Å². The van der Waals surface area contributed by atoms with Gasteiger partial charge in [0, 0.05) is 39.7 Å². The van der Waals surface area contributed by atoms with Gasteiger partial charge in [0.1, 0.15) is 18.9 Å². The van der Waals surface area contributed by atoms with Crippen molar-refractivity contribution < 1.29 is 19.1 Å². The summed E-state index contributed by atoms with van der Waals surface area (Å²) in [6.07, 6.45) is 1.66. The van der Waals surface area contributed by atoms with Crippen molar-refractivity contribution in [3.63, 3.8) is 0 Å². The topological polar surface area (TPSA) is 79.0 Å². The SMILES string of the molecule is CCN(CC)c1ccc(/C=C2/SC(=O)N(CC(=O)Nc3ccc(I)cc3)C2=O)c(OCc2ccccc2)c1. The lowest BCUT2D eigenvalue weighted by molar-refractivity contribution is -0.127. The van der Waals surface area contributed by atoms with Crippen LogP contribution in [-0.4, -0.2) is 41.6 Å². The lowest BCUT2D eigenvalue weighted by Crippen LogP contribution is -2.36. The Morgan fingerprint density at radius 1 is 1.03 bits per heavy atom. The van der Waals surface area contributed by atoms with E-state index in [1.807, 2.05) is 60.7 Å². The molecule has 0 aromatic heterocycles. The summed E-state index contributed by atoms with van der Waals surface area (Å²) in [5, 5.41) is 2.25. The van der Waals surface area contributed by atoms with Crippen LogP contribution >= 0.6 is 34.4 Å². The molecule has 3 aromatic rings. The minimum absolute atomic E-state index is 0.247. The minimum atomic E-state index is -0.500. The van der Waals surface area contributed by atoms with E-state index in [2.05, 4.69) is 46.7 Å². The van der Waals surface area contributed by atoms with Gasteiger partial charge in [-0.05, 0) is 96.2 Å². The van der Waals surface area contributed by atoms with Crippen LogP contribution < -0.4 is 15.0 Å². The van der Waals surface area contributed by atoms with Gasteiger partial charge in [-0.1, -0.05) is 30.3 Å². The Kier molecular flexibility index (Phi) is 9.46. The smallest absolute Gasteiger partial charge is 0.294 e. The zero-order valence-electron chi connectivity index (χ0n) is 21.1. The third kappa shape index (κ3) is 6.96. The Hall–Kier alpha value is -3.31. The molecule has 0 aliphatic carbocycles. The van der Waals surface area contributed by atoms with Crippen LogP contribution in [-0.2, 0) is 16.2 Å². The zero-order valence-corrected chi connectivity index (χ0v) is 24.1. The van der Waals surface area contributed by atoms with Crippen molar-refractivity contribution in [3.05, 3.63) is 92.4 Å². The van der Waals surface area contributed by atoms with Crippen LogP contribution in [0.15, 0.2) is 77.7 Å². The number of hydrogen-bond acceptors (Lipinski definition) is 6. The van der Waals surface area contributed by atoms with Crippen molar-refractivity contribution in [2.24, 2.45) is 0 Å².